The maximum atomic E-state index is 13.6. The standard InChI is InChI=1S/C11H8FN3O2/c12-7-3-1-2-4-8(7)15-10(16)6-5-13-14-9(6)11(15)17/h1-4,6,9H,5H2/t6-,9-/m1/s1. The minimum atomic E-state index is -0.762. The van der Waals surface area contributed by atoms with E-state index in [4.69, 9.17) is 0 Å². The quantitative estimate of drug-likeness (QED) is 0.683. The Labute approximate surface area is 95.9 Å². The molecule has 0 radical (unpaired) electrons. The van der Waals surface area contributed by atoms with Crippen molar-refractivity contribution in [3.63, 3.8) is 0 Å². The minimum Gasteiger partial charge on any atom is -0.274 e. The van der Waals surface area contributed by atoms with Crippen LogP contribution in [0.15, 0.2) is 34.5 Å². The molecule has 0 N–H and O–H groups in total. The number of imide groups is 1. The summed E-state index contributed by atoms with van der Waals surface area (Å²) in [5, 5.41) is 7.41. The fourth-order valence-corrected chi connectivity index (χ4v) is 2.12. The van der Waals surface area contributed by atoms with Crippen LogP contribution in [0, 0.1) is 11.7 Å². The fourth-order valence-electron chi connectivity index (χ4n) is 2.12. The molecule has 17 heavy (non-hydrogen) atoms. The highest BCUT2D eigenvalue weighted by atomic mass is 19.1. The number of anilines is 1. The maximum Gasteiger partial charge on any atom is 0.261 e. The number of amides is 2. The zero-order valence-electron chi connectivity index (χ0n) is 8.71. The molecule has 1 aromatic carbocycles. The second-order valence-electron chi connectivity index (χ2n) is 3.95. The van der Waals surface area contributed by atoms with E-state index in [0.717, 1.165) is 4.90 Å². The van der Waals surface area contributed by atoms with Crippen LogP contribution in [0.2, 0.25) is 0 Å². The molecule has 0 unspecified atom stereocenters. The van der Waals surface area contributed by atoms with Gasteiger partial charge < -0.3 is 0 Å². The van der Waals surface area contributed by atoms with Gasteiger partial charge in [0.05, 0.1) is 18.2 Å². The number of para-hydroxylation sites is 1. The lowest BCUT2D eigenvalue weighted by atomic mass is 10.1. The van der Waals surface area contributed by atoms with E-state index in [-0.39, 0.29) is 12.2 Å². The zero-order valence-corrected chi connectivity index (χ0v) is 8.71. The van der Waals surface area contributed by atoms with E-state index in [2.05, 4.69) is 10.2 Å². The Balaban J connectivity index is 2.05. The molecular formula is C11H8FN3O2. The van der Waals surface area contributed by atoms with Gasteiger partial charge >= 0.3 is 0 Å². The van der Waals surface area contributed by atoms with Gasteiger partial charge in [-0.3, -0.25) is 9.59 Å². The highest BCUT2D eigenvalue weighted by molar-refractivity contribution is 6.23. The molecule has 1 saturated heterocycles. The van der Waals surface area contributed by atoms with Gasteiger partial charge in [-0.1, -0.05) is 12.1 Å². The zero-order chi connectivity index (χ0) is 12.0. The number of hydrogen-bond acceptors (Lipinski definition) is 4. The molecule has 2 aliphatic heterocycles. The average Bonchev–Trinajstić information content (AvgIpc) is 2.87. The molecule has 2 atom stereocenters. The van der Waals surface area contributed by atoms with Gasteiger partial charge in [-0.05, 0) is 12.1 Å². The third kappa shape index (κ3) is 1.30. The second kappa shape index (κ2) is 3.44. The SMILES string of the molecule is O=C1[C@@H]2CN=N[C@H]2C(=O)N1c1ccccc1F. The Morgan fingerprint density at radius 2 is 2.00 bits per heavy atom. The van der Waals surface area contributed by atoms with Crippen LogP contribution in [0.3, 0.4) is 0 Å². The molecule has 0 spiro atoms. The van der Waals surface area contributed by atoms with E-state index in [0.29, 0.717) is 0 Å². The molecule has 0 aromatic heterocycles. The third-order valence-corrected chi connectivity index (χ3v) is 2.97. The molecule has 1 aromatic rings. The number of fused-ring (bicyclic) bond motifs is 1. The summed E-state index contributed by atoms with van der Waals surface area (Å²) in [6.45, 7) is 0.209. The molecule has 5 nitrogen and oxygen atoms in total. The molecule has 86 valence electrons. The van der Waals surface area contributed by atoms with Gasteiger partial charge in [0, 0.05) is 0 Å². The summed E-state index contributed by atoms with van der Waals surface area (Å²) in [5.74, 6) is -2.06. The number of carbonyl (C=O) groups excluding carboxylic acids is 2. The Kier molecular flexibility index (Phi) is 2.04. The van der Waals surface area contributed by atoms with Gasteiger partial charge in [0.25, 0.3) is 5.91 Å². The molecule has 0 bridgehead atoms. The van der Waals surface area contributed by atoms with E-state index in [1.54, 1.807) is 6.07 Å². The van der Waals surface area contributed by atoms with Crippen molar-refractivity contribution in [3.05, 3.63) is 30.1 Å². The molecule has 2 aliphatic rings. The molecule has 2 amide bonds. The van der Waals surface area contributed by atoms with Gasteiger partial charge in [0.15, 0.2) is 6.04 Å². The Morgan fingerprint density at radius 3 is 2.71 bits per heavy atom. The van der Waals surface area contributed by atoms with Crippen molar-refractivity contribution < 1.29 is 14.0 Å². The van der Waals surface area contributed by atoms with Crippen molar-refractivity contribution in [2.24, 2.45) is 16.1 Å². The fraction of sp³-hybridized carbons (Fsp3) is 0.273. The van der Waals surface area contributed by atoms with E-state index < -0.39 is 29.6 Å². The lowest BCUT2D eigenvalue weighted by Crippen LogP contribution is -2.32. The van der Waals surface area contributed by atoms with Crippen molar-refractivity contribution in [3.8, 4) is 0 Å². The number of azo groups is 1. The molecule has 0 saturated carbocycles. The summed E-state index contributed by atoms with van der Waals surface area (Å²) < 4.78 is 13.6. The summed E-state index contributed by atoms with van der Waals surface area (Å²) in [6, 6.07) is 4.94. The summed E-state index contributed by atoms with van der Waals surface area (Å²) in [5.41, 5.74) is -0.00731. The second-order valence-corrected chi connectivity index (χ2v) is 3.95. The number of benzene rings is 1. The van der Waals surface area contributed by atoms with Crippen molar-refractivity contribution >= 4 is 17.5 Å². The molecule has 2 heterocycles. The highest BCUT2D eigenvalue weighted by Gasteiger charge is 2.51. The molecule has 0 aliphatic carbocycles. The van der Waals surface area contributed by atoms with Gasteiger partial charge in [0.1, 0.15) is 5.82 Å². The topological polar surface area (TPSA) is 62.1 Å². The Hall–Kier alpha value is -2.11. The Morgan fingerprint density at radius 1 is 1.24 bits per heavy atom. The van der Waals surface area contributed by atoms with Gasteiger partial charge in [0.2, 0.25) is 5.91 Å². The number of rotatable bonds is 1. The van der Waals surface area contributed by atoms with Crippen LogP contribution in [0.25, 0.3) is 0 Å². The van der Waals surface area contributed by atoms with Crippen molar-refractivity contribution in [2.45, 2.75) is 6.04 Å². The van der Waals surface area contributed by atoms with Crippen LogP contribution < -0.4 is 4.90 Å². The van der Waals surface area contributed by atoms with Crippen LogP contribution in [0.4, 0.5) is 10.1 Å². The van der Waals surface area contributed by atoms with Gasteiger partial charge in [-0.25, -0.2) is 9.29 Å². The molecule has 3 rings (SSSR count). The van der Waals surface area contributed by atoms with Crippen LogP contribution in [0.5, 0.6) is 0 Å². The number of carbonyl (C=O) groups is 2. The Bertz CT molecular complexity index is 543. The summed E-state index contributed by atoms with van der Waals surface area (Å²) >= 11 is 0. The largest absolute Gasteiger partial charge is 0.274 e. The summed E-state index contributed by atoms with van der Waals surface area (Å²) in [6.07, 6.45) is 0. The van der Waals surface area contributed by atoms with Crippen molar-refractivity contribution in [2.75, 3.05) is 11.4 Å². The number of halogens is 1. The lowest BCUT2D eigenvalue weighted by molar-refractivity contribution is -0.122. The number of nitrogens with zero attached hydrogens (tertiary/aromatic N) is 3. The molecular weight excluding hydrogens is 225 g/mol. The van der Waals surface area contributed by atoms with E-state index in [1.165, 1.54) is 18.2 Å². The maximum absolute atomic E-state index is 13.6. The first-order valence-corrected chi connectivity index (χ1v) is 5.19. The van der Waals surface area contributed by atoms with Crippen LogP contribution in [0.1, 0.15) is 0 Å². The van der Waals surface area contributed by atoms with E-state index in [9.17, 15) is 14.0 Å². The smallest absolute Gasteiger partial charge is 0.261 e. The predicted molar refractivity (Wildman–Crippen MR) is 55.9 cm³/mol. The number of hydrogen-bond donors (Lipinski definition) is 0. The minimum absolute atomic E-state index is 0.00731. The van der Waals surface area contributed by atoms with Crippen LogP contribution >= 0.6 is 0 Å². The van der Waals surface area contributed by atoms with E-state index in [1.807, 2.05) is 0 Å². The first-order valence-electron chi connectivity index (χ1n) is 5.19. The van der Waals surface area contributed by atoms with Gasteiger partial charge in [-0.2, -0.15) is 10.2 Å². The first kappa shape index (κ1) is 10.1. The average molecular weight is 233 g/mol. The third-order valence-electron chi connectivity index (χ3n) is 2.97. The van der Waals surface area contributed by atoms with E-state index >= 15 is 0 Å². The summed E-state index contributed by atoms with van der Waals surface area (Å²) in [7, 11) is 0. The summed E-state index contributed by atoms with van der Waals surface area (Å²) in [4.78, 5) is 24.8. The van der Waals surface area contributed by atoms with Crippen LogP contribution in [-0.2, 0) is 9.59 Å². The van der Waals surface area contributed by atoms with Crippen molar-refractivity contribution in [1.29, 1.82) is 0 Å². The van der Waals surface area contributed by atoms with Gasteiger partial charge in [-0.15, -0.1) is 0 Å². The molecule has 1 fully saturated rings. The predicted octanol–water partition coefficient (Wildman–Crippen LogP) is 1.15. The normalized spacial score (nSPS) is 26.8. The van der Waals surface area contributed by atoms with Crippen molar-refractivity contribution in [1.82, 2.24) is 0 Å². The highest BCUT2D eigenvalue weighted by Crippen LogP contribution is 2.33. The monoisotopic (exact) mass is 233 g/mol. The lowest BCUT2D eigenvalue weighted by Gasteiger charge is -2.15. The van der Waals surface area contributed by atoms with Crippen LogP contribution in [-0.4, -0.2) is 24.4 Å². The first-order chi connectivity index (χ1) is 8.20. The molecule has 6 heteroatoms.